The lowest BCUT2D eigenvalue weighted by Crippen LogP contribution is -2.09. The quantitative estimate of drug-likeness (QED) is 0.179. The summed E-state index contributed by atoms with van der Waals surface area (Å²) in [5, 5.41) is 0. The fraction of sp³-hybridized carbons (Fsp3) is 0.0909. The molecular formula is C33H26O4. The van der Waals surface area contributed by atoms with Crippen molar-refractivity contribution in [3.05, 3.63) is 143 Å². The van der Waals surface area contributed by atoms with E-state index in [1.807, 2.05) is 78.9 Å². The summed E-state index contributed by atoms with van der Waals surface area (Å²) < 4.78 is 11.2. The van der Waals surface area contributed by atoms with Crippen LogP contribution in [0.4, 0.5) is 0 Å². The van der Waals surface area contributed by atoms with Crippen molar-refractivity contribution in [2.45, 2.75) is 19.6 Å². The first kappa shape index (κ1) is 24.0. The van der Waals surface area contributed by atoms with Crippen LogP contribution < -0.4 is 0 Å². The van der Waals surface area contributed by atoms with Crippen molar-refractivity contribution in [3.8, 4) is 11.1 Å². The Hall–Kier alpha value is -4.70. The summed E-state index contributed by atoms with van der Waals surface area (Å²) in [5.74, 6) is -0.855. The molecule has 0 bridgehead atoms. The SMILES string of the molecule is O=C(C=Cc1ccccc1)OCc1ccc2c(c1COC(=O)C=Cc1ccccc1)Cc1ccccc1-2. The van der Waals surface area contributed by atoms with Crippen LogP contribution in [-0.2, 0) is 38.7 Å². The minimum Gasteiger partial charge on any atom is -0.458 e. The normalized spacial score (nSPS) is 11.9. The van der Waals surface area contributed by atoms with Crippen LogP contribution in [0.5, 0.6) is 0 Å². The number of hydrogen-bond donors (Lipinski definition) is 0. The van der Waals surface area contributed by atoms with E-state index in [0.29, 0.717) is 0 Å². The zero-order chi connectivity index (χ0) is 25.5. The molecule has 0 fully saturated rings. The highest BCUT2D eigenvalue weighted by Crippen LogP contribution is 2.39. The first-order valence-corrected chi connectivity index (χ1v) is 12.2. The van der Waals surface area contributed by atoms with E-state index < -0.39 is 11.9 Å². The zero-order valence-electron chi connectivity index (χ0n) is 20.3. The second-order valence-corrected chi connectivity index (χ2v) is 8.77. The van der Waals surface area contributed by atoms with Gasteiger partial charge in [-0.25, -0.2) is 9.59 Å². The molecule has 1 aliphatic rings. The highest BCUT2D eigenvalue weighted by atomic mass is 16.5. The first-order chi connectivity index (χ1) is 18.2. The molecule has 5 rings (SSSR count). The van der Waals surface area contributed by atoms with E-state index in [9.17, 15) is 9.59 Å². The topological polar surface area (TPSA) is 52.6 Å². The molecule has 0 atom stereocenters. The van der Waals surface area contributed by atoms with E-state index in [0.717, 1.165) is 39.8 Å². The van der Waals surface area contributed by atoms with Crippen molar-refractivity contribution >= 4 is 24.1 Å². The van der Waals surface area contributed by atoms with Gasteiger partial charge >= 0.3 is 11.9 Å². The Labute approximate surface area is 216 Å². The summed E-state index contributed by atoms with van der Waals surface area (Å²) in [7, 11) is 0. The van der Waals surface area contributed by atoms with Crippen LogP contribution in [-0.4, -0.2) is 11.9 Å². The maximum absolute atomic E-state index is 12.5. The minimum absolute atomic E-state index is 0.0916. The van der Waals surface area contributed by atoms with E-state index in [2.05, 4.69) is 18.2 Å². The summed E-state index contributed by atoms with van der Waals surface area (Å²) in [4.78, 5) is 24.9. The number of ether oxygens (including phenoxy) is 2. The molecular weight excluding hydrogens is 460 g/mol. The molecule has 4 heteroatoms. The molecule has 182 valence electrons. The lowest BCUT2D eigenvalue weighted by atomic mass is 9.97. The molecule has 4 aromatic rings. The fourth-order valence-electron chi connectivity index (χ4n) is 4.48. The molecule has 0 amide bonds. The maximum Gasteiger partial charge on any atom is 0.331 e. The fourth-order valence-corrected chi connectivity index (χ4v) is 4.48. The number of hydrogen-bond acceptors (Lipinski definition) is 4. The molecule has 0 N–H and O–H groups in total. The summed E-state index contributed by atoms with van der Waals surface area (Å²) in [6.07, 6.45) is 7.06. The van der Waals surface area contributed by atoms with E-state index in [1.54, 1.807) is 12.2 Å². The Kier molecular flexibility index (Phi) is 7.37. The van der Waals surface area contributed by atoms with Gasteiger partial charge in [0.05, 0.1) is 0 Å². The van der Waals surface area contributed by atoms with Crippen LogP contribution in [0, 0.1) is 0 Å². The van der Waals surface area contributed by atoms with E-state index >= 15 is 0 Å². The van der Waals surface area contributed by atoms with E-state index in [1.165, 1.54) is 23.3 Å². The molecule has 1 aliphatic carbocycles. The maximum atomic E-state index is 12.5. The molecule has 0 heterocycles. The molecule has 0 radical (unpaired) electrons. The Morgan fingerprint density at radius 2 is 1.19 bits per heavy atom. The summed E-state index contributed by atoms with van der Waals surface area (Å²) in [5.41, 5.74) is 8.20. The number of fused-ring (bicyclic) bond motifs is 3. The molecule has 0 unspecified atom stereocenters. The van der Waals surface area contributed by atoms with Gasteiger partial charge in [0.25, 0.3) is 0 Å². The lowest BCUT2D eigenvalue weighted by molar-refractivity contribution is -0.140. The van der Waals surface area contributed by atoms with E-state index in [4.69, 9.17) is 9.47 Å². The standard InChI is InChI=1S/C33H26O4/c34-32(19-15-24-9-3-1-4-10-24)36-22-27-17-18-29-28-14-8-7-13-26(28)21-30(29)31(27)23-37-33(35)20-16-25-11-5-2-6-12-25/h1-20H,21-23H2. The van der Waals surface area contributed by atoms with Crippen LogP contribution in [0.25, 0.3) is 23.3 Å². The van der Waals surface area contributed by atoms with Gasteiger partial charge in [0.15, 0.2) is 0 Å². The Morgan fingerprint density at radius 1 is 0.622 bits per heavy atom. The summed E-state index contributed by atoms with van der Waals surface area (Å²) in [6.45, 7) is 0.191. The molecule has 4 nitrogen and oxygen atoms in total. The molecule has 0 saturated carbocycles. The zero-order valence-corrected chi connectivity index (χ0v) is 20.3. The van der Waals surface area contributed by atoms with E-state index in [-0.39, 0.29) is 13.2 Å². The number of rotatable bonds is 8. The molecule has 0 saturated heterocycles. The molecule has 0 spiro atoms. The summed E-state index contributed by atoms with van der Waals surface area (Å²) in [6, 6.07) is 31.5. The van der Waals surface area contributed by atoms with Crippen molar-refractivity contribution in [1.82, 2.24) is 0 Å². The van der Waals surface area contributed by atoms with Crippen LogP contribution in [0.3, 0.4) is 0 Å². The number of carbonyl (C=O) groups is 2. The predicted octanol–water partition coefficient (Wildman–Crippen LogP) is 6.77. The van der Waals surface area contributed by atoms with Gasteiger partial charge in [0.1, 0.15) is 13.2 Å². The third kappa shape index (κ3) is 5.93. The Balaban J connectivity index is 1.33. The van der Waals surface area contributed by atoms with Gasteiger partial charge in [-0.1, -0.05) is 97.1 Å². The predicted molar refractivity (Wildman–Crippen MR) is 145 cm³/mol. The van der Waals surface area contributed by atoms with Crippen LogP contribution in [0.15, 0.2) is 109 Å². The summed E-state index contributed by atoms with van der Waals surface area (Å²) >= 11 is 0. The molecule has 0 aromatic heterocycles. The number of carbonyl (C=O) groups excluding carboxylic acids is 2. The largest absolute Gasteiger partial charge is 0.458 e. The van der Waals surface area contributed by atoms with Gasteiger partial charge in [0.2, 0.25) is 0 Å². The minimum atomic E-state index is -0.429. The second-order valence-electron chi connectivity index (χ2n) is 8.77. The van der Waals surface area contributed by atoms with Gasteiger partial charge in [-0.3, -0.25) is 0 Å². The average molecular weight is 487 g/mol. The first-order valence-electron chi connectivity index (χ1n) is 12.2. The van der Waals surface area contributed by atoms with Gasteiger partial charge < -0.3 is 9.47 Å². The number of esters is 2. The Bertz CT molecular complexity index is 1470. The van der Waals surface area contributed by atoms with Gasteiger partial charge in [-0.05, 0) is 57.5 Å². The van der Waals surface area contributed by atoms with Crippen molar-refractivity contribution in [2.24, 2.45) is 0 Å². The van der Waals surface area contributed by atoms with Crippen molar-refractivity contribution < 1.29 is 19.1 Å². The molecule has 0 aliphatic heterocycles. The van der Waals surface area contributed by atoms with Crippen molar-refractivity contribution in [1.29, 1.82) is 0 Å². The smallest absolute Gasteiger partial charge is 0.331 e. The Morgan fingerprint density at radius 3 is 1.84 bits per heavy atom. The molecule has 4 aromatic carbocycles. The third-order valence-corrected chi connectivity index (χ3v) is 6.35. The highest BCUT2D eigenvalue weighted by Gasteiger charge is 2.23. The van der Waals surface area contributed by atoms with Crippen LogP contribution >= 0.6 is 0 Å². The van der Waals surface area contributed by atoms with Gasteiger partial charge in [-0.15, -0.1) is 0 Å². The lowest BCUT2D eigenvalue weighted by Gasteiger charge is -2.15. The second kappa shape index (κ2) is 11.4. The van der Waals surface area contributed by atoms with Gasteiger partial charge in [0, 0.05) is 17.7 Å². The third-order valence-electron chi connectivity index (χ3n) is 6.35. The van der Waals surface area contributed by atoms with Crippen LogP contribution in [0.1, 0.15) is 33.4 Å². The van der Waals surface area contributed by atoms with Gasteiger partial charge in [-0.2, -0.15) is 0 Å². The molecule has 37 heavy (non-hydrogen) atoms. The van der Waals surface area contributed by atoms with Crippen molar-refractivity contribution in [3.63, 3.8) is 0 Å². The van der Waals surface area contributed by atoms with Crippen LogP contribution in [0.2, 0.25) is 0 Å². The highest BCUT2D eigenvalue weighted by molar-refractivity contribution is 5.88. The number of benzene rings is 4. The monoisotopic (exact) mass is 486 g/mol. The van der Waals surface area contributed by atoms with Crippen molar-refractivity contribution in [2.75, 3.05) is 0 Å². The average Bonchev–Trinajstić information content (AvgIpc) is 3.33.